The molecule has 0 bridgehead atoms. The van der Waals surface area contributed by atoms with E-state index in [0.717, 1.165) is 16.9 Å². The summed E-state index contributed by atoms with van der Waals surface area (Å²) in [7, 11) is 0. The van der Waals surface area contributed by atoms with Crippen molar-refractivity contribution in [3.8, 4) is 0 Å². The molecule has 1 fully saturated rings. The number of H-pyrrole nitrogens is 1. The predicted octanol–water partition coefficient (Wildman–Crippen LogP) is 2.46. The van der Waals surface area contributed by atoms with E-state index in [1.54, 1.807) is 0 Å². The van der Waals surface area contributed by atoms with Gasteiger partial charge < -0.3 is 15.2 Å². The van der Waals surface area contributed by atoms with Gasteiger partial charge in [0.15, 0.2) is 0 Å². The van der Waals surface area contributed by atoms with Crippen LogP contribution in [0.1, 0.15) is 39.4 Å². The van der Waals surface area contributed by atoms with Gasteiger partial charge in [0, 0.05) is 24.4 Å². The lowest BCUT2D eigenvalue weighted by Gasteiger charge is -2.35. The number of nitrogens with one attached hydrogen (secondary N) is 2. The molecule has 0 unspecified atom stereocenters. The average molecular weight is 342 g/mol. The molecule has 1 saturated heterocycles. The van der Waals surface area contributed by atoms with Crippen molar-refractivity contribution in [2.45, 2.75) is 40.2 Å². The molecule has 0 atom stereocenters. The van der Waals surface area contributed by atoms with Crippen LogP contribution in [0.5, 0.6) is 0 Å². The summed E-state index contributed by atoms with van der Waals surface area (Å²) in [5.74, 6) is 0.931. The molecular formula is C19H26N4O2. The summed E-state index contributed by atoms with van der Waals surface area (Å²) >= 11 is 0. The van der Waals surface area contributed by atoms with E-state index in [9.17, 15) is 9.59 Å². The maximum absolute atomic E-state index is 12.4. The van der Waals surface area contributed by atoms with Crippen LogP contribution in [0.2, 0.25) is 0 Å². The largest absolute Gasteiger partial charge is 0.349 e. The van der Waals surface area contributed by atoms with E-state index in [2.05, 4.69) is 15.3 Å². The number of nitrogens with zero attached hydrogens (tertiary/aromatic N) is 2. The van der Waals surface area contributed by atoms with E-state index < -0.39 is 0 Å². The number of aromatic amines is 1. The summed E-state index contributed by atoms with van der Waals surface area (Å²) in [5.41, 5.74) is 1.51. The maximum atomic E-state index is 12.4. The van der Waals surface area contributed by atoms with Crippen LogP contribution < -0.4 is 5.32 Å². The third-order valence-electron chi connectivity index (χ3n) is 4.66. The van der Waals surface area contributed by atoms with Crippen molar-refractivity contribution in [1.82, 2.24) is 20.2 Å². The first-order valence-electron chi connectivity index (χ1n) is 8.85. The van der Waals surface area contributed by atoms with Crippen molar-refractivity contribution in [1.29, 1.82) is 0 Å². The molecule has 1 aliphatic heterocycles. The summed E-state index contributed by atoms with van der Waals surface area (Å²) in [6, 6.07) is 7.81. The minimum atomic E-state index is -0.365. The molecule has 1 aliphatic rings. The Kier molecular flexibility index (Phi) is 4.79. The van der Waals surface area contributed by atoms with Crippen LogP contribution >= 0.6 is 0 Å². The van der Waals surface area contributed by atoms with Crippen molar-refractivity contribution < 1.29 is 9.59 Å². The third kappa shape index (κ3) is 4.00. The standard InChI is InChI=1S/C19H26N4O2/c1-19(2,3)18(25)23-10-8-13(9-11-23)17(24)20-12-16-21-14-6-4-5-7-15(14)22-16/h4-7,13H,8-12H2,1-3H3,(H,20,24)(H,21,22). The number of rotatable bonds is 3. The van der Waals surface area contributed by atoms with Gasteiger partial charge in [-0.1, -0.05) is 32.9 Å². The number of para-hydroxylation sites is 2. The summed E-state index contributed by atoms with van der Waals surface area (Å²) in [4.78, 5) is 34.3. The molecular weight excluding hydrogens is 316 g/mol. The number of benzene rings is 1. The number of piperidine rings is 1. The molecule has 0 radical (unpaired) electrons. The second-order valence-electron chi connectivity index (χ2n) is 7.73. The van der Waals surface area contributed by atoms with Crippen LogP contribution in [-0.2, 0) is 16.1 Å². The molecule has 2 N–H and O–H groups in total. The van der Waals surface area contributed by atoms with Crippen molar-refractivity contribution in [3.05, 3.63) is 30.1 Å². The Morgan fingerprint density at radius 2 is 1.92 bits per heavy atom. The van der Waals surface area contributed by atoms with Gasteiger partial charge in [-0.15, -0.1) is 0 Å². The zero-order valence-electron chi connectivity index (χ0n) is 15.1. The normalized spacial score (nSPS) is 16.2. The van der Waals surface area contributed by atoms with E-state index in [4.69, 9.17) is 0 Å². The van der Waals surface area contributed by atoms with Crippen LogP contribution in [0.4, 0.5) is 0 Å². The number of imidazole rings is 1. The molecule has 2 amide bonds. The Bertz CT molecular complexity index is 734. The van der Waals surface area contributed by atoms with Crippen molar-refractivity contribution >= 4 is 22.8 Å². The molecule has 1 aromatic heterocycles. The minimum absolute atomic E-state index is 0.0339. The van der Waals surface area contributed by atoms with Crippen LogP contribution in [0.15, 0.2) is 24.3 Å². The number of carbonyl (C=O) groups excluding carboxylic acids is 2. The number of carbonyl (C=O) groups is 2. The lowest BCUT2D eigenvalue weighted by atomic mass is 9.90. The molecule has 2 aromatic rings. The molecule has 6 nitrogen and oxygen atoms in total. The molecule has 6 heteroatoms. The fourth-order valence-corrected chi connectivity index (χ4v) is 3.22. The van der Waals surface area contributed by atoms with Gasteiger partial charge in [0.1, 0.15) is 5.82 Å². The minimum Gasteiger partial charge on any atom is -0.349 e. The highest BCUT2D eigenvalue weighted by Crippen LogP contribution is 2.23. The highest BCUT2D eigenvalue weighted by molar-refractivity contribution is 5.82. The molecule has 1 aromatic carbocycles. The SMILES string of the molecule is CC(C)(C)C(=O)N1CCC(C(=O)NCc2nc3ccccc3[nH]2)CC1. The number of likely N-dealkylation sites (tertiary alicyclic amines) is 1. The monoisotopic (exact) mass is 342 g/mol. The summed E-state index contributed by atoms with van der Waals surface area (Å²) in [6.45, 7) is 7.50. The number of aromatic nitrogens is 2. The molecule has 0 aliphatic carbocycles. The van der Waals surface area contributed by atoms with E-state index in [1.807, 2.05) is 49.9 Å². The Balaban J connectivity index is 1.50. The first-order valence-corrected chi connectivity index (χ1v) is 8.85. The highest BCUT2D eigenvalue weighted by atomic mass is 16.2. The van der Waals surface area contributed by atoms with Gasteiger partial charge in [0.2, 0.25) is 11.8 Å². The molecule has 3 rings (SSSR count). The number of hydrogen-bond donors (Lipinski definition) is 2. The molecule has 0 spiro atoms. The number of fused-ring (bicyclic) bond motifs is 1. The fourth-order valence-electron chi connectivity index (χ4n) is 3.22. The van der Waals surface area contributed by atoms with Gasteiger partial charge in [-0.05, 0) is 25.0 Å². The molecule has 25 heavy (non-hydrogen) atoms. The zero-order chi connectivity index (χ0) is 18.0. The molecule has 2 heterocycles. The van der Waals surface area contributed by atoms with Crippen LogP contribution in [0.25, 0.3) is 11.0 Å². The summed E-state index contributed by atoms with van der Waals surface area (Å²) < 4.78 is 0. The average Bonchev–Trinajstić information content (AvgIpc) is 3.01. The lowest BCUT2D eigenvalue weighted by molar-refractivity contribution is -0.142. The van der Waals surface area contributed by atoms with Gasteiger partial charge >= 0.3 is 0 Å². The van der Waals surface area contributed by atoms with Crippen molar-refractivity contribution in [2.75, 3.05) is 13.1 Å². The summed E-state index contributed by atoms with van der Waals surface area (Å²) in [6.07, 6.45) is 1.43. The molecule has 134 valence electrons. The van der Waals surface area contributed by atoms with Gasteiger partial charge in [0.25, 0.3) is 0 Å². The Hall–Kier alpha value is -2.37. The quantitative estimate of drug-likeness (QED) is 0.899. The Labute approximate surface area is 148 Å². The predicted molar refractivity (Wildman–Crippen MR) is 96.7 cm³/mol. The van der Waals surface area contributed by atoms with Crippen LogP contribution in [0, 0.1) is 11.3 Å². The third-order valence-corrected chi connectivity index (χ3v) is 4.66. The first-order chi connectivity index (χ1) is 11.8. The van der Waals surface area contributed by atoms with Crippen molar-refractivity contribution in [3.63, 3.8) is 0 Å². The van der Waals surface area contributed by atoms with E-state index >= 15 is 0 Å². The second kappa shape index (κ2) is 6.86. The van der Waals surface area contributed by atoms with Gasteiger partial charge in [-0.2, -0.15) is 0 Å². The number of amides is 2. The Morgan fingerprint density at radius 1 is 1.24 bits per heavy atom. The van der Waals surface area contributed by atoms with Gasteiger partial charge in [-0.3, -0.25) is 9.59 Å². The first kappa shape index (κ1) is 17.5. The maximum Gasteiger partial charge on any atom is 0.227 e. The van der Waals surface area contributed by atoms with Crippen LogP contribution in [-0.4, -0.2) is 39.8 Å². The van der Waals surface area contributed by atoms with Gasteiger partial charge in [0.05, 0.1) is 17.6 Å². The van der Waals surface area contributed by atoms with Crippen molar-refractivity contribution in [2.24, 2.45) is 11.3 Å². The van der Waals surface area contributed by atoms with E-state index in [-0.39, 0.29) is 23.1 Å². The smallest absolute Gasteiger partial charge is 0.227 e. The second-order valence-corrected chi connectivity index (χ2v) is 7.73. The fraction of sp³-hybridized carbons (Fsp3) is 0.526. The van der Waals surface area contributed by atoms with E-state index in [1.165, 1.54) is 0 Å². The van der Waals surface area contributed by atoms with Gasteiger partial charge in [-0.25, -0.2) is 4.98 Å². The number of hydrogen-bond acceptors (Lipinski definition) is 3. The zero-order valence-corrected chi connectivity index (χ0v) is 15.1. The highest BCUT2D eigenvalue weighted by Gasteiger charge is 2.32. The van der Waals surface area contributed by atoms with E-state index in [0.29, 0.717) is 32.5 Å². The Morgan fingerprint density at radius 3 is 2.56 bits per heavy atom. The summed E-state index contributed by atoms with van der Waals surface area (Å²) in [5, 5.41) is 2.97. The van der Waals surface area contributed by atoms with Crippen LogP contribution in [0.3, 0.4) is 0 Å². The topological polar surface area (TPSA) is 78.1 Å². The molecule has 0 saturated carbocycles. The lowest BCUT2D eigenvalue weighted by Crippen LogP contribution is -2.46.